The van der Waals surface area contributed by atoms with E-state index in [2.05, 4.69) is 16.0 Å². The van der Waals surface area contributed by atoms with Crippen LogP contribution in [0.25, 0.3) is 22.0 Å². The molecule has 3 rings (SSSR count). The Hall–Kier alpha value is -2.77. The summed E-state index contributed by atoms with van der Waals surface area (Å²) in [4.78, 5) is 18.2. The van der Waals surface area contributed by atoms with Crippen LogP contribution in [0.4, 0.5) is 5.69 Å². The van der Waals surface area contributed by atoms with Gasteiger partial charge in [-0.25, -0.2) is 4.79 Å². The number of aliphatic imine (C=N–C) groups is 1. The number of nitrogens with zero attached hydrogens (tertiary/aromatic N) is 2. The van der Waals surface area contributed by atoms with Crippen molar-refractivity contribution in [3.05, 3.63) is 60.8 Å². The Kier molecular flexibility index (Phi) is 2.89. The van der Waals surface area contributed by atoms with Crippen molar-refractivity contribution in [2.24, 2.45) is 4.99 Å². The van der Waals surface area contributed by atoms with Crippen LogP contribution in [0.1, 0.15) is 0 Å². The van der Waals surface area contributed by atoms with Crippen LogP contribution in [-0.2, 0) is 4.79 Å². The highest BCUT2D eigenvalue weighted by Crippen LogP contribution is 2.24. The Labute approximate surface area is 110 Å². The van der Waals surface area contributed by atoms with Gasteiger partial charge in [0.1, 0.15) is 0 Å². The van der Waals surface area contributed by atoms with Crippen molar-refractivity contribution in [3.8, 4) is 11.1 Å². The van der Waals surface area contributed by atoms with Crippen LogP contribution >= 0.6 is 0 Å². The summed E-state index contributed by atoms with van der Waals surface area (Å²) >= 11 is 0. The van der Waals surface area contributed by atoms with E-state index in [1.165, 1.54) is 6.08 Å². The van der Waals surface area contributed by atoms with E-state index in [4.69, 9.17) is 0 Å². The van der Waals surface area contributed by atoms with Gasteiger partial charge in [-0.1, -0.05) is 30.3 Å². The topological polar surface area (TPSA) is 42.3 Å². The number of aromatic nitrogens is 1. The third-order valence-electron chi connectivity index (χ3n) is 2.97. The summed E-state index contributed by atoms with van der Waals surface area (Å²) in [6, 6.07) is 17.5. The molecule has 3 aromatic rings. The molecular weight excluding hydrogens is 236 g/mol. The van der Waals surface area contributed by atoms with Gasteiger partial charge in [-0.2, -0.15) is 4.99 Å². The average molecular weight is 246 g/mol. The molecule has 0 aliphatic rings. The maximum Gasteiger partial charge on any atom is 0.240 e. The number of hydrogen-bond acceptors (Lipinski definition) is 3. The maximum atomic E-state index is 10.2. The molecule has 0 spiro atoms. The first-order valence-electron chi connectivity index (χ1n) is 5.90. The van der Waals surface area contributed by atoms with Crippen LogP contribution in [0.5, 0.6) is 0 Å². The van der Waals surface area contributed by atoms with Crippen molar-refractivity contribution in [1.29, 1.82) is 0 Å². The molecule has 0 atom stereocenters. The third kappa shape index (κ3) is 2.28. The molecule has 0 aliphatic heterocycles. The summed E-state index contributed by atoms with van der Waals surface area (Å²) in [5.41, 5.74) is 3.67. The number of para-hydroxylation sites is 1. The van der Waals surface area contributed by atoms with Crippen molar-refractivity contribution in [2.75, 3.05) is 0 Å². The molecule has 3 nitrogen and oxygen atoms in total. The van der Waals surface area contributed by atoms with Crippen LogP contribution in [0, 0.1) is 0 Å². The van der Waals surface area contributed by atoms with E-state index in [0.717, 1.165) is 22.0 Å². The SMILES string of the molecule is O=C=Nc1ccc(-c2cnc3ccccc3c2)cc1. The van der Waals surface area contributed by atoms with Crippen LogP contribution in [-0.4, -0.2) is 11.1 Å². The smallest absolute Gasteiger partial charge is 0.240 e. The molecule has 0 saturated carbocycles. The Morgan fingerprint density at radius 1 is 0.947 bits per heavy atom. The number of benzene rings is 2. The largest absolute Gasteiger partial charge is 0.256 e. The Balaban J connectivity index is 2.05. The summed E-state index contributed by atoms with van der Waals surface area (Å²) < 4.78 is 0. The highest BCUT2D eigenvalue weighted by atomic mass is 16.1. The molecule has 0 bridgehead atoms. The van der Waals surface area contributed by atoms with E-state index in [0.29, 0.717) is 5.69 Å². The zero-order valence-electron chi connectivity index (χ0n) is 10.1. The minimum absolute atomic E-state index is 0.604. The van der Waals surface area contributed by atoms with Gasteiger partial charge in [0, 0.05) is 17.1 Å². The first kappa shape index (κ1) is 11.3. The van der Waals surface area contributed by atoms with Crippen molar-refractivity contribution in [2.45, 2.75) is 0 Å². The normalized spacial score (nSPS) is 10.1. The molecule has 1 heterocycles. The molecule has 0 radical (unpaired) electrons. The van der Waals surface area contributed by atoms with Gasteiger partial charge in [0.2, 0.25) is 6.08 Å². The molecule has 1 aromatic heterocycles. The van der Waals surface area contributed by atoms with Gasteiger partial charge in [-0.05, 0) is 29.8 Å². The van der Waals surface area contributed by atoms with Crippen LogP contribution in [0.15, 0.2) is 65.8 Å². The minimum Gasteiger partial charge on any atom is -0.256 e. The molecule has 0 N–H and O–H groups in total. The Morgan fingerprint density at radius 2 is 1.74 bits per heavy atom. The average Bonchev–Trinajstić information content (AvgIpc) is 2.48. The number of hydrogen-bond donors (Lipinski definition) is 0. The van der Waals surface area contributed by atoms with Crippen molar-refractivity contribution in [3.63, 3.8) is 0 Å². The summed E-state index contributed by atoms with van der Waals surface area (Å²) in [7, 11) is 0. The Morgan fingerprint density at radius 3 is 2.53 bits per heavy atom. The molecule has 2 aromatic carbocycles. The van der Waals surface area contributed by atoms with Gasteiger partial charge < -0.3 is 0 Å². The quantitative estimate of drug-likeness (QED) is 0.509. The standard InChI is InChI=1S/C16H10N2O/c19-11-18-15-7-5-12(6-8-15)14-9-13-3-1-2-4-16(13)17-10-14/h1-10H. The lowest BCUT2D eigenvalue weighted by Crippen LogP contribution is -1.82. The van der Waals surface area contributed by atoms with Gasteiger partial charge in [-0.15, -0.1) is 0 Å². The highest BCUT2D eigenvalue weighted by molar-refractivity contribution is 5.83. The molecule has 19 heavy (non-hydrogen) atoms. The first-order chi connectivity index (χ1) is 9.36. The summed E-state index contributed by atoms with van der Waals surface area (Å²) in [6.45, 7) is 0. The van der Waals surface area contributed by atoms with E-state index >= 15 is 0 Å². The van der Waals surface area contributed by atoms with Gasteiger partial charge >= 0.3 is 0 Å². The highest BCUT2D eigenvalue weighted by Gasteiger charge is 2.00. The monoisotopic (exact) mass is 246 g/mol. The van der Waals surface area contributed by atoms with Crippen LogP contribution < -0.4 is 0 Å². The predicted molar refractivity (Wildman–Crippen MR) is 75.0 cm³/mol. The van der Waals surface area contributed by atoms with Crippen LogP contribution in [0.3, 0.4) is 0 Å². The number of pyridine rings is 1. The van der Waals surface area contributed by atoms with E-state index in [-0.39, 0.29) is 0 Å². The molecule has 0 amide bonds. The molecule has 0 aliphatic carbocycles. The molecule has 3 heteroatoms. The first-order valence-corrected chi connectivity index (χ1v) is 5.90. The van der Waals surface area contributed by atoms with E-state index < -0.39 is 0 Å². The number of carbonyl (C=O) groups excluding carboxylic acids is 1. The third-order valence-corrected chi connectivity index (χ3v) is 2.97. The molecule has 0 fully saturated rings. The lowest BCUT2D eigenvalue weighted by molar-refractivity contribution is 0.565. The second kappa shape index (κ2) is 4.84. The van der Waals surface area contributed by atoms with Gasteiger partial charge in [0.15, 0.2) is 0 Å². The van der Waals surface area contributed by atoms with Crippen molar-refractivity contribution >= 4 is 22.7 Å². The molecule has 90 valence electrons. The number of isocyanates is 1. The fraction of sp³-hybridized carbons (Fsp3) is 0. The van der Waals surface area contributed by atoms with E-state index in [1.807, 2.05) is 42.6 Å². The number of fused-ring (bicyclic) bond motifs is 1. The van der Waals surface area contributed by atoms with Crippen molar-refractivity contribution in [1.82, 2.24) is 4.98 Å². The minimum atomic E-state index is 0.604. The second-order valence-corrected chi connectivity index (χ2v) is 4.17. The van der Waals surface area contributed by atoms with Gasteiger partial charge in [-0.3, -0.25) is 4.98 Å². The predicted octanol–water partition coefficient (Wildman–Crippen LogP) is 3.87. The zero-order valence-corrected chi connectivity index (χ0v) is 10.1. The second-order valence-electron chi connectivity index (χ2n) is 4.17. The molecule has 0 unspecified atom stereocenters. The fourth-order valence-corrected chi connectivity index (χ4v) is 2.01. The fourth-order valence-electron chi connectivity index (χ4n) is 2.01. The maximum absolute atomic E-state index is 10.2. The summed E-state index contributed by atoms with van der Waals surface area (Å²) in [5.74, 6) is 0. The molecule has 0 saturated heterocycles. The molecular formula is C16H10N2O. The van der Waals surface area contributed by atoms with E-state index in [9.17, 15) is 4.79 Å². The van der Waals surface area contributed by atoms with Gasteiger partial charge in [0.05, 0.1) is 11.2 Å². The number of rotatable bonds is 2. The zero-order chi connectivity index (χ0) is 13.1. The lowest BCUT2D eigenvalue weighted by atomic mass is 10.1. The summed E-state index contributed by atoms with van der Waals surface area (Å²) in [6.07, 6.45) is 3.38. The van der Waals surface area contributed by atoms with Crippen LogP contribution in [0.2, 0.25) is 0 Å². The lowest BCUT2D eigenvalue weighted by Gasteiger charge is -2.03. The van der Waals surface area contributed by atoms with Crippen molar-refractivity contribution < 1.29 is 4.79 Å². The van der Waals surface area contributed by atoms with Gasteiger partial charge in [0.25, 0.3) is 0 Å². The Bertz CT molecular complexity index is 772. The summed E-state index contributed by atoms with van der Waals surface area (Å²) in [5, 5.41) is 1.11. The van der Waals surface area contributed by atoms with E-state index in [1.54, 1.807) is 12.1 Å².